The summed E-state index contributed by atoms with van der Waals surface area (Å²) in [4.78, 5) is 12.0. The number of carbonyl (C=O) groups excluding carboxylic acids is 1. The second kappa shape index (κ2) is 8.70. The molecular formula is C20H26N4O3. The molecule has 1 fully saturated rings. The molecule has 144 valence electrons. The fourth-order valence-electron chi connectivity index (χ4n) is 2.77. The first kappa shape index (κ1) is 18.9. The quantitative estimate of drug-likeness (QED) is 0.687. The van der Waals surface area contributed by atoms with E-state index >= 15 is 0 Å². The Labute approximate surface area is 159 Å². The van der Waals surface area contributed by atoms with E-state index in [1.54, 1.807) is 19.5 Å². The molecule has 1 aromatic carbocycles. The molecule has 0 saturated heterocycles. The highest BCUT2D eigenvalue weighted by Crippen LogP contribution is 2.35. The molecule has 0 unspecified atom stereocenters. The maximum Gasteiger partial charge on any atom is 0.244 e. The summed E-state index contributed by atoms with van der Waals surface area (Å²) < 4.78 is 13.2. The van der Waals surface area contributed by atoms with Crippen LogP contribution in [0, 0.1) is 0 Å². The van der Waals surface area contributed by atoms with Gasteiger partial charge < -0.3 is 19.4 Å². The molecule has 1 heterocycles. The lowest BCUT2D eigenvalue weighted by molar-refractivity contribution is -0.116. The number of methoxy groups -OCH3 is 1. The highest BCUT2D eigenvalue weighted by atomic mass is 16.5. The van der Waals surface area contributed by atoms with E-state index in [1.807, 2.05) is 32.0 Å². The first-order valence-electron chi connectivity index (χ1n) is 9.26. The largest absolute Gasteiger partial charge is 0.493 e. The summed E-state index contributed by atoms with van der Waals surface area (Å²) in [7, 11) is 1.60. The van der Waals surface area contributed by atoms with Crippen LogP contribution < -0.4 is 14.8 Å². The van der Waals surface area contributed by atoms with Gasteiger partial charge >= 0.3 is 0 Å². The third-order valence-electron chi connectivity index (χ3n) is 4.21. The number of amides is 1. The van der Waals surface area contributed by atoms with Crippen molar-refractivity contribution in [1.29, 1.82) is 0 Å². The number of carbonyl (C=O) groups is 1. The van der Waals surface area contributed by atoms with E-state index in [0.29, 0.717) is 30.5 Å². The Bertz CT molecular complexity index is 809. The molecular weight excluding hydrogens is 344 g/mol. The van der Waals surface area contributed by atoms with E-state index < -0.39 is 0 Å². The lowest BCUT2D eigenvalue weighted by Crippen LogP contribution is -2.24. The second-order valence-corrected chi connectivity index (χ2v) is 6.84. The van der Waals surface area contributed by atoms with Gasteiger partial charge in [0, 0.05) is 25.1 Å². The fourth-order valence-corrected chi connectivity index (χ4v) is 2.77. The molecule has 1 aliphatic carbocycles. The number of nitrogens with one attached hydrogen (secondary N) is 1. The molecule has 27 heavy (non-hydrogen) atoms. The minimum Gasteiger partial charge on any atom is -0.493 e. The van der Waals surface area contributed by atoms with Crippen LogP contribution >= 0.6 is 0 Å². The number of hydrogen-bond donors (Lipinski definition) is 1. The van der Waals surface area contributed by atoms with Gasteiger partial charge in [0.25, 0.3) is 0 Å². The zero-order valence-electron chi connectivity index (χ0n) is 16.0. The van der Waals surface area contributed by atoms with Crippen molar-refractivity contribution in [3.63, 3.8) is 0 Å². The smallest absolute Gasteiger partial charge is 0.244 e. The highest BCUT2D eigenvalue weighted by Gasteiger charge is 2.25. The van der Waals surface area contributed by atoms with Gasteiger partial charge in [-0.15, -0.1) is 10.2 Å². The van der Waals surface area contributed by atoms with Crippen molar-refractivity contribution in [2.45, 2.75) is 45.3 Å². The van der Waals surface area contributed by atoms with Crippen LogP contribution in [0.4, 0.5) is 0 Å². The summed E-state index contributed by atoms with van der Waals surface area (Å²) in [6.45, 7) is 4.45. The Morgan fingerprint density at radius 1 is 1.37 bits per heavy atom. The van der Waals surface area contributed by atoms with Crippen molar-refractivity contribution in [2.75, 3.05) is 13.7 Å². The van der Waals surface area contributed by atoms with Gasteiger partial charge in [-0.25, -0.2) is 0 Å². The Hall–Kier alpha value is -2.83. The number of hydrogen-bond acceptors (Lipinski definition) is 5. The van der Waals surface area contributed by atoms with Crippen LogP contribution in [-0.2, 0) is 11.2 Å². The van der Waals surface area contributed by atoms with Crippen LogP contribution in [0.25, 0.3) is 6.08 Å². The Balaban J connectivity index is 1.51. The van der Waals surface area contributed by atoms with Crippen LogP contribution in [0.2, 0.25) is 0 Å². The lowest BCUT2D eigenvalue weighted by atomic mass is 10.2. The van der Waals surface area contributed by atoms with Gasteiger partial charge in [-0.2, -0.15) is 0 Å². The molecule has 1 saturated carbocycles. The van der Waals surface area contributed by atoms with Gasteiger partial charge in [-0.3, -0.25) is 4.79 Å². The molecule has 2 aromatic rings. The molecule has 0 radical (unpaired) electrons. The number of aromatic nitrogens is 3. The van der Waals surface area contributed by atoms with Crippen molar-refractivity contribution in [1.82, 2.24) is 20.1 Å². The van der Waals surface area contributed by atoms with E-state index in [-0.39, 0.29) is 12.0 Å². The summed E-state index contributed by atoms with van der Waals surface area (Å²) in [5.41, 5.74) is 0.867. The average Bonchev–Trinajstić information content (AvgIpc) is 3.39. The normalized spacial score (nSPS) is 13.9. The standard InChI is InChI=1S/C20H26N4O3/c1-14(2)27-17-8-4-15(12-18(17)26-3)5-9-20(25)21-11-10-19-23-22-13-24(19)16-6-7-16/h4-5,8-9,12-14,16H,6-7,10-11H2,1-3H3,(H,21,25)/b9-5+. The maximum absolute atomic E-state index is 12.0. The molecule has 0 aliphatic heterocycles. The molecule has 0 bridgehead atoms. The van der Waals surface area contributed by atoms with Gasteiger partial charge in [0.05, 0.1) is 13.2 Å². The molecule has 1 N–H and O–H groups in total. The van der Waals surface area contributed by atoms with Gasteiger partial charge in [0.1, 0.15) is 12.2 Å². The van der Waals surface area contributed by atoms with Gasteiger partial charge in [-0.05, 0) is 50.5 Å². The molecule has 3 rings (SSSR count). The van der Waals surface area contributed by atoms with Gasteiger partial charge in [0.15, 0.2) is 11.5 Å². The topological polar surface area (TPSA) is 78.3 Å². The van der Waals surface area contributed by atoms with Crippen LogP contribution in [0.3, 0.4) is 0 Å². The summed E-state index contributed by atoms with van der Waals surface area (Å²) in [6, 6.07) is 6.13. The molecule has 1 aromatic heterocycles. The predicted molar refractivity (Wildman–Crippen MR) is 103 cm³/mol. The zero-order chi connectivity index (χ0) is 19.2. The SMILES string of the molecule is COc1cc(/C=C/C(=O)NCCc2nncn2C2CC2)ccc1OC(C)C. The Morgan fingerprint density at radius 3 is 2.89 bits per heavy atom. The van der Waals surface area contributed by atoms with E-state index in [9.17, 15) is 4.79 Å². The van der Waals surface area contributed by atoms with Gasteiger partial charge in [-0.1, -0.05) is 6.07 Å². The number of rotatable bonds is 9. The number of benzene rings is 1. The third kappa shape index (κ3) is 5.32. The van der Waals surface area contributed by atoms with E-state index in [1.165, 1.54) is 18.9 Å². The van der Waals surface area contributed by atoms with Crippen LogP contribution in [0.1, 0.15) is 44.1 Å². The van der Waals surface area contributed by atoms with Crippen molar-refractivity contribution in [2.24, 2.45) is 0 Å². The maximum atomic E-state index is 12.0. The summed E-state index contributed by atoms with van der Waals surface area (Å²) in [5.74, 6) is 2.11. The van der Waals surface area contributed by atoms with Crippen molar-refractivity contribution in [3.8, 4) is 11.5 Å². The predicted octanol–water partition coefficient (Wildman–Crippen LogP) is 2.78. The van der Waals surface area contributed by atoms with Crippen LogP contribution in [0.5, 0.6) is 11.5 Å². The number of ether oxygens (including phenoxy) is 2. The second-order valence-electron chi connectivity index (χ2n) is 6.84. The van der Waals surface area contributed by atoms with E-state index in [0.717, 1.165) is 11.4 Å². The van der Waals surface area contributed by atoms with E-state index in [4.69, 9.17) is 9.47 Å². The highest BCUT2D eigenvalue weighted by molar-refractivity contribution is 5.91. The molecule has 0 spiro atoms. The van der Waals surface area contributed by atoms with Crippen LogP contribution in [0.15, 0.2) is 30.6 Å². The van der Waals surface area contributed by atoms with Crippen molar-refractivity contribution in [3.05, 3.63) is 42.0 Å². The monoisotopic (exact) mass is 370 g/mol. The van der Waals surface area contributed by atoms with Gasteiger partial charge in [0.2, 0.25) is 5.91 Å². The summed E-state index contributed by atoms with van der Waals surface area (Å²) in [6.07, 6.45) is 8.15. The first-order chi connectivity index (χ1) is 13.1. The molecule has 0 atom stereocenters. The molecule has 1 aliphatic rings. The van der Waals surface area contributed by atoms with E-state index in [2.05, 4.69) is 20.1 Å². The van der Waals surface area contributed by atoms with Crippen molar-refractivity contribution >= 4 is 12.0 Å². The Kier molecular flexibility index (Phi) is 6.11. The first-order valence-corrected chi connectivity index (χ1v) is 9.26. The molecule has 7 nitrogen and oxygen atoms in total. The summed E-state index contributed by atoms with van der Waals surface area (Å²) in [5, 5.41) is 11.0. The minimum absolute atomic E-state index is 0.0665. The lowest BCUT2D eigenvalue weighted by Gasteiger charge is -2.13. The average molecular weight is 370 g/mol. The molecule has 7 heteroatoms. The Morgan fingerprint density at radius 2 is 2.19 bits per heavy atom. The fraction of sp³-hybridized carbons (Fsp3) is 0.450. The minimum atomic E-state index is -0.144. The molecule has 1 amide bonds. The van der Waals surface area contributed by atoms with Crippen LogP contribution in [-0.4, -0.2) is 40.4 Å². The number of nitrogens with zero attached hydrogens (tertiary/aromatic N) is 3. The summed E-state index contributed by atoms with van der Waals surface area (Å²) >= 11 is 0. The zero-order valence-corrected chi connectivity index (χ0v) is 16.0. The third-order valence-corrected chi connectivity index (χ3v) is 4.21. The van der Waals surface area contributed by atoms with Crippen molar-refractivity contribution < 1.29 is 14.3 Å².